The van der Waals surface area contributed by atoms with Crippen LogP contribution in [0.5, 0.6) is 5.75 Å². The van der Waals surface area contributed by atoms with E-state index in [1.165, 1.54) is 12.1 Å². The van der Waals surface area contributed by atoms with Crippen molar-refractivity contribution in [1.29, 1.82) is 0 Å². The van der Waals surface area contributed by atoms with Crippen molar-refractivity contribution in [3.8, 4) is 5.75 Å². The lowest BCUT2D eigenvalue weighted by Crippen LogP contribution is -1.84. The van der Waals surface area contributed by atoms with Crippen LogP contribution >= 0.6 is 0 Å². The number of nitro groups is 1. The molecule has 5 heteroatoms. The Morgan fingerprint density at radius 3 is 1.88 bits per heavy atom. The number of aromatic hydroxyl groups is 1. The van der Waals surface area contributed by atoms with Crippen LogP contribution in [0.1, 0.15) is 0 Å². The molecule has 0 aliphatic carbocycles. The van der Waals surface area contributed by atoms with Gasteiger partial charge in [-0.05, 0) is 24.3 Å². The number of hydrogen-bond donors (Lipinski definition) is 2. The largest absolute Gasteiger partial charge is 0.508 e. The molecule has 0 aromatic heterocycles. The van der Waals surface area contributed by atoms with E-state index in [0.29, 0.717) is 5.69 Å². The number of nitrogens with two attached hydrogens (primary N) is 1. The van der Waals surface area contributed by atoms with E-state index in [1.54, 1.807) is 42.5 Å². The average Bonchev–Trinajstić information content (AvgIpc) is 2.35. The van der Waals surface area contributed by atoms with Gasteiger partial charge in [-0.15, -0.1) is 0 Å². The van der Waals surface area contributed by atoms with E-state index in [2.05, 4.69) is 0 Å². The number of nitrogens with zero attached hydrogens (tertiary/aromatic N) is 1. The lowest BCUT2D eigenvalue weighted by Gasteiger charge is -1.89. The maximum atomic E-state index is 10.0. The van der Waals surface area contributed by atoms with Gasteiger partial charge in [0.05, 0.1) is 4.92 Å². The second kappa shape index (κ2) is 6.12. The van der Waals surface area contributed by atoms with Gasteiger partial charge in [0.1, 0.15) is 5.75 Å². The maximum Gasteiger partial charge on any atom is 0.269 e. The molecule has 0 bridgehead atoms. The van der Waals surface area contributed by atoms with E-state index in [-0.39, 0.29) is 11.4 Å². The van der Waals surface area contributed by atoms with Gasteiger partial charge >= 0.3 is 0 Å². The van der Waals surface area contributed by atoms with Crippen LogP contribution in [0.15, 0.2) is 54.6 Å². The zero-order valence-electron chi connectivity index (χ0n) is 8.98. The van der Waals surface area contributed by atoms with Crippen molar-refractivity contribution in [1.82, 2.24) is 0 Å². The van der Waals surface area contributed by atoms with Crippen LogP contribution in [0.2, 0.25) is 0 Å². The summed E-state index contributed by atoms with van der Waals surface area (Å²) in [5.41, 5.74) is 6.12. The second-order valence-corrected chi connectivity index (χ2v) is 3.18. The molecule has 3 N–H and O–H groups in total. The molecule has 0 atom stereocenters. The molecule has 5 nitrogen and oxygen atoms in total. The second-order valence-electron chi connectivity index (χ2n) is 3.18. The van der Waals surface area contributed by atoms with Gasteiger partial charge in [-0.2, -0.15) is 0 Å². The highest BCUT2D eigenvalue weighted by Gasteiger charge is 1.98. The van der Waals surface area contributed by atoms with E-state index >= 15 is 0 Å². The summed E-state index contributed by atoms with van der Waals surface area (Å²) in [4.78, 5) is 9.59. The fourth-order valence-electron chi connectivity index (χ4n) is 1.02. The third kappa shape index (κ3) is 4.65. The molecule has 0 fully saturated rings. The van der Waals surface area contributed by atoms with Gasteiger partial charge < -0.3 is 10.8 Å². The van der Waals surface area contributed by atoms with Gasteiger partial charge in [-0.3, -0.25) is 10.1 Å². The van der Waals surface area contributed by atoms with Crippen LogP contribution in [0.3, 0.4) is 0 Å². The molecule has 17 heavy (non-hydrogen) atoms. The number of nitrogen functional groups attached to an aromatic ring is 1. The summed E-state index contributed by atoms with van der Waals surface area (Å²) < 4.78 is 0. The molecule has 88 valence electrons. The third-order valence-corrected chi connectivity index (χ3v) is 1.86. The van der Waals surface area contributed by atoms with Crippen molar-refractivity contribution < 1.29 is 10.0 Å². The first-order chi connectivity index (χ1) is 8.09. The molecule has 2 aromatic rings. The minimum Gasteiger partial charge on any atom is -0.508 e. The van der Waals surface area contributed by atoms with E-state index in [1.807, 2.05) is 0 Å². The Balaban J connectivity index is 0.000000171. The Kier molecular flexibility index (Phi) is 4.50. The topological polar surface area (TPSA) is 89.4 Å². The minimum atomic E-state index is -0.417. The number of benzene rings is 2. The Labute approximate surface area is 98.3 Å². The Morgan fingerprint density at radius 2 is 1.53 bits per heavy atom. The first-order valence-corrected chi connectivity index (χ1v) is 4.83. The van der Waals surface area contributed by atoms with Gasteiger partial charge in [0.15, 0.2) is 0 Å². The molecule has 2 rings (SSSR count). The van der Waals surface area contributed by atoms with Crippen molar-refractivity contribution >= 4 is 11.4 Å². The summed E-state index contributed by atoms with van der Waals surface area (Å²) in [5, 5.41) is 18.7. The molecular weight excluding hydrogens is 220 g/mol. The predicted molar refractivity (Wildman–Crippen MR) is 65.6 cm³/mol. The highest BCUT2D eigenvalue weighted by atomic mass is 16.6. The molecule has 0 spiro atoms. The van der Waals surface area contributed by atoms with Crippen LogP contribution < -0.4 is 5.73 Å². The standard InChI is InChI=1S/C6H5NO2.C6H7NO/c8-7(9)6-4-2-1-3-5-6;7-5-1-3-6(8)4-2-5/h1-5H;1-4,8H,7H2. The summed E-state index contributed by atoms with van der Waals surface area (Å²) >= 11 is 0. The molecule has 0 saturated carbocycles. The van der Waals surface area contributed by atoms with Crippen molar-refractivity contribution in [3.63, 3.8) is 0 Å². The number of nitro benzene ring substituents is 1. The van der Waals surface area contributed by atoms with Gasteiger partial charge in [0.25, 0.3) is 5.69 Å². The highest BCUT2D eigenvalue weighted by molar-refractivity contribution is 5.40. The fourth-order valence-corrected chi connectivity index (χ4v) is 1.02. The number of anilines is 1. The maximum absolute atomic E-state index is 10.0. The minimum absolute atomic E-state index is 0.137. The zero-order valence-corrected chi connectivity index (χ0v) is 8.98. The summed E-state index contributed by atoms with van der Waals surface area (Å²) in [6, 6.07) is 14.3. The van der Waals surface area contributed by atoms with Crippen LogP contribution in [0, 0.1) is 10.1 Å². The molecule has 0 amide bonds. The molecule has 0 saturated heterocycles. The Hall–Kier alpha value is -2.56. The van der Waals surface area contributed by atoms with Gasteiger partial charge in [-0.1, -0.05) is 18.2 Å². The quantitative estimate of drug-likeness (QED) is 0.342. The average molecular weight is 232 g/mol. The molecule has 0 radical (unpaired) electrons. The van der Waals surface area contributed by atoms with E-state index in [9.17, 15) is 10.1 Å². The van der Waals surface area contributed by atoms with Crippen molar-refractivity contribution in [3.05, 3.63) is 64.7 Å². The predicted octanol–water partition coefficient (Wildman–Crippen LogP) is 2.57. The fraction of sp³-hybridized carbons (Fsp3) is 0. The number of phenols is 1. The van der Waals surface area contributed by atoms with Gasteiger partial charge in [-0.25, -0.2) is 0 Å². The molecule has 0 aliphatic rings. The number of non-ortho nitro benzene ring substituents is 1. The van der Waals surface area contributed by atoms with Gasteiger partial charge in [0.2, 0.25) is 0 Å². The van der Waals surface area contributed by atoms with E-state index in [0.717, 1.165) is 0 Å². The SMILES string of the molecule is Nc1ccc(O)cc1.O=[N+]([O-])c1ccccc1. The van der Waals surface area contributed by atoms with Crippen molar-refractivity contribution in [2.24, 2.45) is 0 Å². The van der Waals surface area contributed by atoms with Crippen LogP contribution in [0.25, 0.3) is 0 Å². The molecule has 0 heterocycles. The first-order valence-electron chi connectivity index (χ1n) is 4.83. The summed E-state index contributed by atoms with van der Waals surface area (Å²) in [6.07, 6.45) is 0. The van der Waals surface area contributed by atoms with Crippen LogP contribution in [0.4, 0.5) is 11.4 Å². The lowest BCUT2D eigenvalue weighted by atomic mass is 10.3. The zero-order chi connectivity index (χ0) is 12.7. The van der Waals surface area contributed by atoms with E-state index in [4.69, 9.17) is 10.8 Å². The summed E-state index contributed by atoms with van der Waals surface area (Å²) in [7, 11) is 0. The lowest BCUT2D eigenvalue weighted by molar-refractivity contribution is -0.384. The normalized spacial score (nSPS) is 8.94. The van der Waals surface area contributed by atoms with Crippen molar-refractivity contribution in [2.45, 2.75) is 0 Å². The third-order valence-electron chi connectivity index (χ3n) is 1.86. The Bertz CT molecular complexity index is 448. The number of phenolic OH excluding ortho intramolecular Hbond substituents is 1. The van der Waals surface area contributed by atoms with Gasteiger partial charge in [0, 0.05) is 17.8 Å². The molecule has 2 aromatic carbocycles. The monoisotopic (exact) mass is 232 g/mol. The highest BCUT2D eigenvalue weighted by Crippen LogP contribution is 2.09. The van der Waals surface area contributed by atoms with Crippen molar-refractivity contribution in [2.75, 3.05) is 5.73 Å². The number of para-hydroxylation sites is 1. The van der Waals surface area contributed by atoms with E-state index < -0.39 is 4.92 Å². The molecular formula is C12H12N2O3. The number of hydrogen-bond acceptors (Lipinski definition) is 4. The first kappa shape index (κ1) is 12.5. The van der Waals surface area contributed by atoms with Crippen LogP contribution in [-0.4, -0.2) is 10.0 Å². The smallest absolute Gasteiger partial charge is 0.269 e. The Morgan fingerprint density at radius 1 is 1.00 bits per heavy atom. The summed E-state index contributed by atoms with van der Waals surface area (Å²) in [6.45, 7) is 0. The van der Waals surface area contributed by atoms with Crippen LogP contribution in [-0.2, 0) is 0 Å². The molecule has 0 aliphatic heterocycles. The summed E-state index contributed by atoms with van der Waals surface area (Å²) in [5.74, 6) is 0.249. The number of rotatable bonds is 1. The molecule has 0 unspecified atom stereocenters.